The van der Waals surface area contributed by atoms with Gasteiger partial charge >= 0.3 is 0 Å². The number of nitrogens with one attached hydrogen (secondary N) is 1. The second kappa shape index (κ2) is 2.29. The Balaban J connectivity index is 2.64. The number of H-pyrrole nitrogens is 1. The van der Waals surface area contributed by atoms with Gasteiger partial charge in [0.2, 0.25) is 0 Å². The zero-order valence-corrected chi connectivity index (χ0v) is 7.85. The molecule has 0 unspecified atom stereocenters. The van der Waals surface area contributed by atoms with E-state index in [0.29, 0.717) is 0 Å². The molecule has 0 bridgehead atoms. The zero-order valence-electron chi connectivity index (χ0n) is 7.03. The molecule has 0 aliphatic carbocycles. The van der Waals surface area contributed by atoms with E-state index in [-0.39, 0.29) is 0 Å². The summed E-state index contributed by atoms with van der Waals surface area (Å²) in [5, 5.41) is 1.09. The summed E-state index contributed by atoms with van der Waals surface area (Å²) in [5.41, 5.74) is 3.04. The van der Waals surface area contributed by atoms with Crippen LogP contribution in [0.1, 0.15) is 5.01 Å². The van der Waals surface area contributed by atoms with Gasteiger partial charge in [-0.3, -0.25) is 0 Å². The van der Waals surface area contributed by atoms with E-state index in [1.165, 1.54) is 4.70 Å². The smallest absolute Gasteiger partial charge is 0.115 e. The van der Waals surface area contributed by atoms with Gasteiger partial charge in [-0.1, -0.05) is 0 Å². The molecular formula is C9H7N3S. The molecule has 0 saturated carbocycles. The van der Waals surface area contributed by atoms with Crippen LogP contribution in [0.2, 0.25) is 0 Å². The number of benzene rings is 1. The van der Waals surface area contributed by atoms with Crippen LogP contribution in [0.15, 0.2) is 18.5 Å². The number of aromatic nitrogens is 3. The van der Waals surface area contributed by atoms with Crippen molar-refractivity contribution in [3.63, 3.8) is 0 Å². The van der Waals surface area contributed by atoms with Crippen molar-refractivity contribution in [2.75, 3.05) is 0 Å². The van der Waals surface area contributed by atoms with Crippen LogP contribution in [0, 0.1) is 6.92 Å². The first-order chi connectivity index (χ1) is 6.34. The number of nitrogens with zero attached hydrogens (tertiary/aromatic N) is 2. The van der Waals surface area contributed by atoms with Crippen molar-refractivity contribution >= 4 is 32.6 Å². The number of hydrogen-bond acceptors (Lipinski definition) is 3. The van der Waals surface area contributed by atoms with Gasteiger partial charge in [-0.2, -0.15) is 0 Å². The minimum absolute atomic E-state index is 0.974. The minimum atomic E-state index is 0.974. The van der Waals surface area contributed by atoms with Crippen molar-refractivity contribution in [2.45, 2.75) is 6.92 Å². The fraction of sp³-hybridized carbons (Fsp3) is 0.111. The standard InChI is InChI=1S/C9H7N3S/c1-5-12-9-7(13-5)3-2-6-8(9)11-4-10-6/h2-4H,1H3,(H,10,11). The van der Waals surface area contributed by atoms with Gasteiger partial charge in [0.25, 0.3) is 0 Å². The van der Waals surface area contributed by atoms with Gasteiger partial charge in [0.05, 0.1) is 21.6 Å². The molecule has 64 valence electrons. The molecule has 1 aromatic carbocycles. The Labute approximate surface area is 78.4 Å². The molecule has 0 aliphatic heterocycles. The van der Waals surface area contributed by atoms with E-state index in [9.17, 15) is 0 Å². The topological polar surface area (TPSA) is 41.6 Å². The third-order valence-electron chi connectivity index (χ3n) is 2.05. The maximum absolute atomic E-state index is 4.45. The summed E-state index contributed by atoms with van der Waals surface area (Å²) in [6.07, 6.45) is 1.71. The number of aromatic amines is 1. The summed E-state index contributed by atoms with van der Waals surface area (Å²) >= 11 is 1.71. The highest BCUT2D eigenvalue weighted by Crippen LogP contribution is 2.26. The number of thiazole rings is 1. The molecular weight excluding hydrogens is 182 g/mol. The van der Waals surface area contributed by atoms with Crippen LogP contribution in [0.4, 0.5) is 0 Å². The predicted octanol–water partition coefficient (Wildman–Crippen LogP) is 2.48. The lowest BCUT2D eigenvalue weighted by Crippen LogP contribution is -1.73. The normalized spacial score (nSPS) is 11.5. The molecule has 3 aromatic rings. The minimum Gasteiger partial charge on any atom is -0.345 e. The Morgan fingerprint density at radius 2 is 2.23 bits per heavy atom. The van der Waals surface area contributed by atoms with Crippen LogP contribution in [-0.4, -0.2) is 15.0 Å². The van der Waals surface area contributed by atoms with E-state index in [1.54, 1.807) is 17.7 Å². The second-order valence-corrected chi connectivity index (χ2v) is 4.18. The molecule has 0 aliphatic rings. The number of hydrogen-bond donors (Lipinski definition) is 1. The van der Waals surface area contributed by atoms with E-state index < -0.39 is 0 Å². The second-order valence-electron chi connectivity index (χ2n) is 2.94. The summed E-state index contributed by atoms with van der Waals surface area (Å²) in [7, 11) is 0. The fourth-order valence-electron chi connectivity index (χ4n) is 1.50. The number of aryl methyl sites for hydroxylation is 1. The van der Waals surface area contributed by atoms with Crippen molar-refractivity contribution in [1.82, 2.24) is 15.0 Å². The monoisotopic (exact) mass is 189 g/mol. The summed E-state index contributed by atoms with van der Waals surface area (Å²) in [5.74, 6) is 0. The predicted molar refractivity (Wildman–Crippen MR) is 54.0 cm³/mol. The van der Waals surface area contributed by atoms with Crippen LogP contribution in [0.3, 0.4) is 0 Å². The summed E-state index contributed by atoms with van der Waals surface area (Å²) in [4.78, 5) is 11.8. The highest BCUT2D eigenvalue weighted by Gasteiger charge is 2.06. The Kier molecular flexibility index (Phi) is 1.24. The van der Waals surface area contributed by atoms with E-state index in [4.69, 9.17) is 0 Å². The van der Waals surface area contributed by atoms with Gasteiger partial charge in [-0.15, -0.1) is 11.3 Å². The number of fused-ring (bicyclic) bond motifs is 3. The maximum atomic E-state index is 4.45. The fourth-order valence-corrected chi connectivity index (χ4v) is 2.33. The molecule has 0 fully saturated rings. The van der Waals surface area contributed by atoms with Crippen molar-refractivity contribution in [1.29, 1.82) is 0 Å². The first-order valence-electron chi connectivity index (χ1n) is 4.04. The number of imidazole rings is 1. The van der Waals surface area contributed by atoms with Crippen molar-refractivity contribution < 1.29 is 0 Å². The van der Waals surface area contributed by atoms with Crippen LogP contribution in [0.25, 0.3) is 21.3 Å². The largest absolute Gasteiger partial charge is 0.345 e. The molecule has 0 amide bonds. The lowest BCUT2D eigenvalue weighted by molar-refractivity contribution is 1.33. The lowest BCUT2D eigenvalue weighted by atomic mass is 10.3. The zero-order chi connectivity index (χ0) is 8.84. The van der Waals surface area contributed by atoms with Crippen LogP contribution in [-0.2, 0) is 0 Å². The first-order valence-corrected chi connectivity index (χ1v) is 4.85. The van der Waals surface area contributed by atoms with Gasteiger partial charge in [0, 0.05) is 0 Å². The molecule has 2 heterocycles. The van der Waals surface area contributed by atoms with Gasteiger partial charge in [-0.05, 0) is 19.1 Å². The third kappa shape index (κ3) is 0.890. The summed E-state index contributed by atoms with van der Waals surface area (Å²) in [6.45, 7) is 2.02. The third-order valence-corrected chi connectivity index (χ3v) is 2.99. The average molecular weight is 189 g/mol. The lowest BCUT2D eigenvalue weighted by Gasteiger charge is -1.87. The Bertz CT molecular complexity index is 579. The summed E-state index contributed by atoms with van der Waals surface area (Å²) < 4.78 is 1.21. The molecule has 13 heavy (non-hydrogen) atoms. The maximum Gasteiger partial charge on any atom is 0.115 e. The molecule has 0 saturated heterocycles. The molecule has 3 rings (SSSR count). The molecule has 2 aromatic heterocycles. The first kappa shape index (κ1) is 7.03. The highest BCUT2D eigenvalue weighted by molar-refractivity contribution is 7.18. The van der Waals surface area contributed by atoms with E-state index >= 15 is 0 Å². The Morgan fingerprint density at radius 1 is 1.31 bits per heavy atom. The quantitative estimate of drug-likeness (QED) is 0.590. The molecule has 1 N–H and O–H groups in total. The number of rotatable bonds is 0. The average Bonchev–Trinajstić information content (AvgIpc) is 2.65. The van der Waals surface area contributed by atoms with E-state index in [1.807, 2.05) is 13.0 Å². The van der Waals surface area contributed by atoms with Crippen LogP contribution in [0.5, 0.6) is 0 Å². The Hall–Kier alpha value is -1.42. The van der Waals surface area contributed by atoms with Crippen LogP contribution >= 0.6 is 11.3 Å². The molecule has 3 nitrogen and oxygen atoms in total. The highest BCUT2D eigenvalue weighted by atomic mass is 32.1. The van der Waals surface area contributed by atoms with Gasteiger partial charge in [0.1, 0.15) is 11.0 Å². The van der Waals surface area contributed by atoms with Crippen LogP contribution < -0.4 is 0 Å². The molecule has 0 radical (unpaired) electrons. The van der Waals surface area contributed by atoms with Gasteiger partial charge < -0.3 is 4.98 Å². The van der Waals surface area contributed by atoms with E-state index in [0.717, 1.165) is 21.6 Å². The molecule has 4 heteroatoms. The van der Waals surface area contributed by atoms with E-state index in [2.05, 4.69) is 21.0 Å². The van der Waals surface area contributed by atoms with Crippen molar-refractivity contribution in [3.05, 3.63) is 23.5 Å². The Morgan fingerprint density at radius 3 is 3.15 bits per heavy atom. The summed E-state index contributed by atoms with van der Waals surface area (Å²) in [6, 6.07) is 4.13. The van der Waals surface area contributed by atoms with Crippen molar-refractivity contribution in [3.8, 4) is 0 Å². The van der Waals surface area contributed by atoms with Crippen molar-refractivity contribution in [2.24, 2.45) is 0 Å². The molecule has 0 spiro atoms. The van der Waals surface area contributed by atoms with Gasteiger partial charge in [0.15, 0.2) is 0 Å². The van der Waals surface area contributed by atoms with Gasteiger partial charge in [-0.25, -0.2) is 9.97 Å². The molecule has 0 atom stereocenters. The SMILES string of the molecule is Cc1nc2c(ccc3[nH]cnc32)s1.